The van der Waals surface area contributed by atoms with Gasteiger partial charge < -0.3 is 14.3 Å². The summed E-state index contributed by atoms with van der Waals surface area (Å²) >= 11 is 0. The minimum Gasteiger partial charge on any atom is -0.435 e. The van der Waals surface area contributed by atoms with Crippen molar-refractivity contribution in [2.24, 2.45) is 7.05 Å². The van der Waals surface area contributed by atoms with E-state index in [9.17, 15) is 5.11 Å². The van der Waals surface area contributed by atoms with Gasteiger partial charge in [-0.25, -0.2) is 0 Å². The number of aromatic nitrogens is 1. The molecule has 3 nitrogen and oxygen atoms in total. The number of aryl methyl sites for hydroxylation is 1. The standard InChI is InChI=1S/C9H16BNO2/c1-3-8(12)9(13-10)7-4-5-11(2)6-7/h4-6,8-9,12H,3,10H2,1-2H3. The average Bonchev–Trinajstić information content (AvgIpc) is 2.53. The highest BCUT2D eigenvalue weighted by Crippen LogP contribution is 2.22. The Kier molecular flexibility index (Phi) is 3.57. The van der Waals surface area contributed by atoms with Crippen molar-refractivity contribution in [1.82, 2.24) is 4.57 Å². The number of aliphatic hydroxyl groups is 1. The first-order chi connectivity index (χ1) is 6.19. The first-order valence-corrected chi connectivity index (χ1v) is 4.51. The topological polar surface area (TPSA) is 34.4 Å². The Morgan fingerprint density at radius 2 is 2.38 bits per heavy atom. The first kappa shape index (κ1) is 10.3. The molecule has 1 N–H and O–H groups in total. The lowest BCUT2D eigenvalue weighted by atomic mass is 10.1. The summed E-state index contributed by atoms with van der Waals surface area (Å²) < 4.78 is 7.19. The molecule has 0 amide bonds. The average molecular weight is 181 g/mol. The molecule has 1 aromatic heterocycles. The summed E-state index contributed by atoms with van der Waals surface area (Å²) in [6, 6.07) is 1.97. The maximum absolute atomic E-state index is 9.65. The largest absolute Gasteiger partial charge is 0.435 e. The maximum atomic E-state index is 9.65. The summed E-state index contributed by atoms with van der Waals surface area (Å²) in [6.07, 6.45) is 3.99. The van der Waals surface area contributed by atoms with E-state index in [1.807, 2.05) is 37.0 Å². The van der Waals surface area contributed by atoms with Crippen LogP contribution in [0.1, 0.15) is 25.0 Å². The van der Waals surface area contributed by atoms with Crippen LogP contribution in [0.5, 0.6) is 0 Å². The van der Waals surface area contributed by atoms with Crippen LogP contribution < -0.4 is 0 Å². The molecule has 0 aliphatic rings. The van der Waals surface area contributed by atoms with Crippen LogP contribution in [0, 0.1) is 0 Å². The fraction of sp³-hybridized carbons (Fsp3) is 0.556. The highest BCUT2D eigenvalue weighted by atomic mass is 16.4. The lowest BCUT2D eigenvalue weighted by Crippen LogP contribution is -2.19. The van der Waals surface area contributed by atoms with Crippen molar-refractivity contribution in [3.8, 4) is 0 Å². The van der Waals surface area contributed by atoms with E-state index in [0.717, 1.165) is 5.56 Å². The molecule has 0 spiro atoms. The van der Waals surface area contributed by atoms with Gasteiger partial charge in [-0.3, -0.25) is 0 Å². The SMILES string of the molecule is BOC(c1ccn(C)c1)C(O)CC. The summed E-state index contributed by atoms with van der Waals surface area (Å²) in [6.45, 7) is 1.94. The van der Waals surface area contributed by atoms with E-state index in [1.54, 1.807) is 8.05 Å². The minimum absolute atomic E-state index is 0.203. The fourth-order valence-corrected chi connectivity index (χ4v) is 1.42. The van der Waals surface area contributed by atoms with Crippen LogP contribution in [0.15, 0.2) is 18.5 Å². The second-order valence-corrected chi connectivity index (χ2v) is 3.24. The van der Waals surface area contributed by atoms with Gasteiger partial charge in [-0.05, 0) is 18.1 Å². The Morgan fingerprint density at radius 3 is 2.77 bits per heavy atom. The Labute approximate surface area is 79.8 Å². The van der Waals surface area contributed by atoms with Crippen molar-refractivity contribution in [2.45, 2.75) is 25.6 Å². The molecule has 0 radical (unpaired) electrons. The fourth-order valence-electron chi connectivity index (χ4n) is 1.42. The summed E-state index contributed by atoms with van der Waals surface area (Å²) in [4.78, 5) is 0. The molecule has 0 bridgehead atoms. The predicted molar refractivity (Wildman–Crippen MR) is 54.1 cm³/mol. The predicted octanol–water partition coefficient (Wildman–Crippen LogP) is 0.402. The van der Waals surface area contributed by atoms with Crippen molar-refractivity contribution in [3.05, 3.63) is 24.0 Å². The van der Waals surface area contributed by atoms with Gasteiger partial charge in [-0.1, -0.05) is 6.92 Å². The van der Waals surface area contributed by atoms with Crippen LogP contribution in [-0.4, -0.2) is 23.8 Å². The molecule has 13 heavy (non-hydrogen) atoms. The van der Waals surface area contributed by atoms with Crippen LogP contribution in [0.4, 0.5) is 0 Å². The Hall–Kier alpha value is -0.735. The molecule has 0 aliphatic heterocycles. The van der Waals surface area contributed by atoms with Crippen LogP contribution in [0.3, 0.4) is 0 Å². The zero-order valence-electron chi connectivity index (χ0n) is 8.40. The number of hydrogen-bond acceptors (Lipinski definition) is 2. The van der Waals surface area contributed by atoms with Crippen molar-refractivity contribution in [2.75, 3.05) is 0 Å². The van der Waals surface area contributed by atoms with Gasteiger partial charge in [0.25, 0.3) is 8.05 Å². The molecular weight excluding hydrogens is 165 g/mol. The van der Waals surface area contributed by atoms with Crippen molar-refractivity contribution in [1.29, 1.82) is 0 Å². The molecule has 1 rings (SSSR count). The molecule has 2 atom stereocenters. The molecule has 1 heterocycles. The smallest absolute Gasteiger partial charge is 0.258 e. The van der Waals surface area contributed by atoms with Crippen molar-refractivity contribution in [3.63, 3.8) is 0 Å². The molecule has 1 aromatic rings. The third kappa shape index (κ3) is 2.35. The van der Waals surface area contributed by atoms with Crippen LogP contribution in [0.25, 0.3) is 0 Å². The maximum Gasteiger partial charge on any atom is 0.258 e. The Balaban J connectivity index is 2.77. The van der Waals surface area contributed by atoms with Gasteiger partial charge in [0, 0.05) is 19.4 Å². The highest BCUT2D eigenvalue weighted by molar-refractivity contribution is 5.98. The summed E-state index contributed by atoms with van der Waals surface area (Å²) in [5, 5.41) is 9.65. The van der Waals surface area contributed by atoms with Crippen molar-refractivity contribution < 1.29 is 9.76 Å². The molecule has 0 saturated heterocycles. The Bertz CT molecular complexity index is 262. The summed E-state index contributed by atoms with van der Waals surface area (Å²) in [5.74, 6) is 0. The summed E-state index contributed by atoms with van der Waals surface area (Å²) in [5.41, 5.74) is 1.03. The van der Waals surface area contributed by atoms with E-state index >= 15 is 0 Å². The van der Waals surface area contributed by atoms with Gasteiger partial charge >= 0.3 is 0 Å². The molecule has 2 unspecified atom stereocenters. The normalized spacial score (nSPS) is 15.6. The van der Waals surface area contributed by atoms with Gasteiger partial charge in [-0.2, -0.15) is 0 Å². The van der Waals surface area contributed by atoms with Crippen molar-refractivity contribution >= 4 is 8.05 Å². The lowest BCUT2D eigenvalue weighted by Gasteiger charge is -2.19. The molecule has 0 saturated carbocycles. The first-order valence-electron chi connectivity index (χ1n) is 4.51. The van der Waals surface area contributed by atoms with Gasteiger partial charge in [0.05, 0.1) is 12.2 Å². The van der Waals surface area contributed by atoms with E-state index in [1.165, 1.54) is 0 Å². The molecule has 0 aliphatic carbocycles. The molecule has 0 fully saturated rings. The third-order valence-corrected chi connectivity index (χ3v) is 2.21. The third-order valence-electron chi connectivity index (χ3n) is 2.21. The monoisotopic (exact) mass is 181 g/mol. The molecular formula is C9H16BNO2. The number of hydrogen-bond donors (Lipinski definition) is 1. The molecule has 72 valence electrons. The van der Waals surface area contributed by atoms with Gasteiger partial charge in [0.1, 0.15) is 0 Å². The summed E-state index contributed by atoms with van der Waals surface area (Å²) in [7, 11) is 3.57. The minimum atomic E-state index is -0.424. The molecule has 0 aromatic carbocycles. The van der Waals surface area contributed by atoms with E-state index in [4.69, 9.17) is 4.65 Å². The van der Waals surface area contributed by atoms with Crippen LogP contribution in [0.2, 0.25) is 0 Å². The van der Waals surface area contributed by atoms with E-state index in [2.05, 4.69) is 0 Å². The van der Waals surface area contributed by atoms with Gasteiger partial charge in [0.2, 0.25) is 0 Å². The molecule has 4 heteroatoms. The van der Waals surface area contributed by atoms with E-state index in [-0.39, 0.29) is 6.10 Å². The van der Waals surface area contributed by atoms with E-state index < -0.39 is 6.10 Å². The quantitative estimate of drug-likeness (QED) is 0.682. The van der Waals surface area contributed by atoms with E-state index in [0.29, 0.717) is 6.42 Å². The highest BCUT2D eigenvalue weighted by Gasteiger charge is 2.18. The number of aliphatic hydroxyl groups excluding tert-OH is 1. The second-order valence-electron chi connectivity index (χ2n) is 3.24. The lowest BCUT2D eigenvalue weighted by molar-refractivity contribution is 0.0385. The van der Waals surface area contributed by atoms with Crippen LogP contribution in [-0.2, 0) is 11.7 Å². The number of rotatable bonds is 4. The zero-order chi connectivity index (χ0) is 9.84. The van der Waals surface area contributed by atoms with Gasteiger partial charge in [0.15, 0.2) is 0 Å². The Morgan fingerprint density at radius 1 is 1.69 bits per heavy atom. The second kappa shape index (κ2) is 4.49. The van der Waals surface area contributed by atoms with Crippen LogP contribution >= 0.6 is 0 Å². The zero-order valence-corrected chi connectivity index (χ0v) is 8.40. The number of nitrogens with zero attached hydrogens (tertiary/aromatic N) is 1. The van der Waals surface area contributed by atoms with Gasteiger partial charge in [-0.15, -0.1) is 0 Å².